The van der Waals surface area contributed by atoms with Crippen LogP contribution < -0.4 is 0 Å². The first-order valence-corrected chi connectivity index (χ1v) is 8.21. The van der Waals surface area contributed by atoms with Gasteiger partial charge in [0.2, 0.25) is 0 Å². The molecule has 0 fully saturated rings. The molecule has 0 heterocycles. The summed E-state index contributed by atoms with van der Waals surface area (Å²) in [5.74, 6) is -0.832. The lowest BCUT2D eigenvalue weighted by Crippen LogP contribution is -2.03. The van der Waals surface area contributed by atoms with Crippen LogP contribution >= 0.6 is 0 Å². The van der Waals surface area contributed by atoms with E-state index in [-0.39, 0.29) is 11.9 Å². The summed E-state index contributed by atoms with van der Waals surface area (Å²) in [4.78, 5) is 10.2. The highest BCUT2D eigenvalue weighted by molar-refractivity contribution is 5.80. The number of aliphatic hydroxyl groups is 2. The predicted octanol–water partition coefficient (Wildman–Crippen LogP) is 4.52. The van der Waals surface area contributed by atoms with Crippen molar-refractivity contribution in [1.82, 2.24) is 0 Å². The molecule has 126 valence electrons. The number of carboxylic acid groups (broad SMARTS) is 1. The summed E-state index contributed by atoms with van der Waals surface area (Å²) in [5.41, 5.74) is 0. The second-order valence-corrected chi connectivity index (χ2v) is 5.45. The Kier molecular flexibility index (Phi) is 13.4. The van der Waals surface area contributed by atoms with Crippen molar-refractivity contribution in [1.29, 1.82) is 0 Å². The van der Waals surface area contributed by atoms with E-state index in [0.717, 1.165) is 44.6 Å². The van der Waals surface area contributed by atoms with Crippen LogP contribution in [0.2, 0.25) is 0 Å². The summed E-state index contributed by atoms with van der Waals surface area (Å²) < 4.78 is 0. The molecule has 4 heteroatoms. The van der Waals surface area contributed by atoms with E-state index in [1.54, 1.807) is 6.08 Å². The monoisotopic (exact) mass is 310 g/mol. The van der Waals surface area contributed by atoms with E-state index >= 15 is 0 Å². The number of allylic oxidation sites excluding steroid dienone is 4. The molecule has 1 atom stereocenters. The maximum absolute atomic E-state index is 10.2. The Labute approximate surface area is 133 Å². The van der Waals surface area contributed by atoms with Crippen molar-refractivity contribution < 1.29 is 20.1 Å². The Morgan fingerprint density at radius 3 is 2.18 bits per heavy atom. The Hall–Kier alpha value is -1.55. The van der Waals surface area contributed by atoms with Gasteiger partial charge in [-0.3, -0.25) is 0 Å². The van der Waals surface area contributed by atoms with Gasteiger partial charge >= 0.3 is 5.97 Å². The largest absolute Gasteiger partial charge is 0.508 e. The van der Waals surface area contributed by atoms with Gasteiger partial charge in [-0.25, -0.2) is 4.79 Å². The Morgan fingerprint density at radius 2 is 1.55 bits per heavy atom. The zero-order valence-corrected chi connectivity index (χ0v) is 13.6. The molecule has 0 aromatic carbocycles. The van der Waals surface area contributed by atoms with E-state index in [1.165, 1.54) is 37.5 Å². The third-order valence-electron chi connectivity index (χ3n) is 3.43. The van der Waals surface area contributed by atoms with E-state index < -0.39 is 5.97 Å². The van der Waals surface area contributed by atoms with Gasteiger partial charge in [-0.1, -0.05) is 51.2 Å². The van der Waals surface area contributed by atoms with Crippen LogP contribution in [-0.4, -0.2) is 27.4 Å². The van der Waals surface area contributed by atoms with Crippen LogP contribution in [0, 0.1) is 0 Å². The molecular weight excluding hydrogens is 280 g/mol. The fraction of sp³-hybridized carbons (Fsp3) is 0.611. The molecule has 0 amide bonds. The van der Waals surface area contributed by atoms with Crippen LogP contribution in [0.15, 0.2) is 36.1 Å². The highest BCUT2D eigenvalue weighted by Gasteiger charge is 1.99. The highest BCUT2D eigenvalue weighted by Crippen LogP contribution is 2.11. The standard InChI is InChI=1S/C18H30O4/c1-2-16(19)12-8-6-4-3-5-7-9-13-17(20)14-10-11-15-18(21)22/h10-11,13-16,19-20H,2-9,12H2,1H3,(H,21,22). The van der Waals surface area contributed by atoms with Crippen LogP contribution in [0.3, 0.4) is 0 Å². The minimum absolute atomic E-state index is 0.133. The lowest BCUT2D eigenvalue weighted by molar-refractivity contribution is -0.131. The van der Waals surface area contributed by atoms with Crippen LogP contribution in [-0.2, 0) is 4.79 Å². The molecule has 0 aliphatic rings. The average Bonchev–Trinajstić information content (AvgIpc) is 2.49. The quantitative estimate of drug-likeness (QED) is 0.202. The highest BCUT2D eigenvalue weighted by atomic mass is 16.4. The van der Waals surface area contributed by atoms with Gasteiger partial charge in [0.1, 0.15) is 5.76 Å². The molecule has 0 radical (unpaired) electrons. The van der Waals surface area contributed by atoms with Gasteiger partial charge in [-0.15, -0.1) is 0 Å². The van der Waals surface area contributed by atoms with Gasteiger partial charge in [0.15, 0.2) is 0 Å². The Morgan fingerprint density at radius 1 is 0.955 bits per heavy atom. The fourth-order valence-electron chi connectivity index (χ4n) is 2.05. The van der Waals surface area contributed by atoms with E-state index in [1.807, 2.05) is 6.92 Å². The summed E-state index contributed by atoms with van der Waals surface area (Å²) in [5, 5.41) is 27.3. The summed E-state index contributed by atoms with van der Waals surface area (Å²) in [6.07, 6.45) is 16.4. The van der Waals surface area contributed by atoms with E-state index in [4.69, 9.17) is 5.11 Å². The van der Waals surface area contributed by atoms with Crippen molar-refractivity contribution in [2.45, 2.75) is 70.8 Å². The lowest BCUT2D eigenvalue weighted by atomic mass is 10.1. The van der Waals surface area contributed by atoms with Gasteiger partial charge in [0, 0.05) is 6.08 Å². The van der Waals surface area contributed by atoms with Crippen LogP contribution in [0.4, 0.5) is 0 Å². The van der Waals surface area contributed by atoms with Crippen LogP contribution in [0.1, 0.15) is 64.7 Å². The molecule has 0 aromatic heterocycles. The zero-order chi connectivity index (χ0) is 16.6. The van der Waals surface area contributed by atoms with Crippen molar-refractivity contribution >= 4 is 5.97 Å². The lowest BCUT2D eigenvalue weighted by Gasteiger charge is -2.06. The molecule has 1 unspecified atom stereocenters. The second kappa shape index (κ2) is 14.4. The summed E-state index contributed by atoms with van der Waals surface area (Å²) >= 11 is 0. The van der Waals surface area contributed by atoms with Crippen LogP contribution in [0.5, 0.6) is 0 Å². The number of carbonyl (C=O) groups is 1. The maximum Gasteiger partial charge on any atom is 0.328 e. The van der Waals surface area contributed by atoms with Crippen molar-refractivity contribution in [3.8, 4) is 0 Å². The number of carboxylic acids is 1. The molecule has 0 rings (SSSR count). The van der Waals surface area contributed by atoms with E-state index in [0.29, 0.717) is 0 Å². The van der Waals surface area contributed by atoms with Crippen molar-refractivity contribution in [3.63, 3.8) is 0 Å². The Balaban J connectivity index is 3.51. The molecule has 4 nitrogen and oxygen atoms in total. The number of hydrogen-bond acceptors (Lipinski definition) is 3. The van der Waals surface area contributed by atoms with Gasteiger partial charge in [-0.2, -0.15) is 0 Å². The zero-order valence-electron chi connectivity index (χ0n) is 13.6. The molecule has 22 heavy (non-hydrogen) atoms. The Bertz CT molecular complexity index is 369. The second-order valence-electron chi connectivity index (χ2n) is 5.45. The van der Waals surface area contributed by atoms with Crippen molar-refractivity contribution in [2.75, 3.05) is 0 Å². The molecule has 0 aliphatic heterocycles. The van der Waals surface area contributed by atoms with Gasteiger partial charge in [0.05, 0.1) is 6.10 Å². The third-order valence-corrected chi connectivity index (χ3v) is 3.43. The van der Waals surface area contributed by atoms with Gasteiger partial charge < -0.3 is 15.3 Å². The third kappa shape index (κ3) is 14.9. The SMILES string of the molecule is CCC(O)CCCCCCCCC=C(O)C=CC=CC(=O)O. The van der Waals surface area contributed by atoms with E-state index in [2.05, 4.69) is 0 Å². The maximum atomic E-state index is 10.2. The van der Waals surface area contributed by atoms with Gasteiger partial charge in [0.25, 0.3) is 0 Å². The number of aliphatic carboxylic acids is 1. The van der Waals surface area contributed by atoms with Crippen molar-refractivity contribution in [3.05, 3.63) is 36.1 Å². The molecule has 0 saturated carbocycles. The number of aliphatic hydroxyl groups excluding tert-OH is 2. The first-order valence-electron chi connectivity index (χ1n) is 8.21. The molecular formula is C18H30O4. The molecule has 3 N–H and O–H groups in total. The minimum Gasteiger partial charge on any atom is -0.508 e. The summed E-state index contributed by atoms with van der Waals surface area (Å²) in [6.45, 7) is 2.01. The van der Waals surface area contributed by atoms with Gasteiger partial charge in [-0.05, 0) is 37.8 Å². The smallest absolute Gasteiger partial charge is 0.328 e. The average molecular weight is 310 g/mol. The number of rotatable bonds is 13. The normalized spacial score (nSPS) is 14.0. The molecule has 0 bridgehead atoms. The van der Waals surface area contributed by atoms with E-state index in [9.17, 15) is 15.0 Å². The summed E-state index contributed by atoms with van der Waals surface area (Å²) in [6, 6.07) is 0. The number of hydrogen-bond donors (Lipinski definition) is 3. The predicted molar refractivity (Wildman–Crippen MR) is 89.9 cm³/mol. The van der Waals surface area contributed by atoms with Crippen LogP contribution in [0.25, 0.3) is 0 Å². The van der Waals surface area contributed by atoms with Crippen molar-refractivity contribution in [2.24, 2.45) is 0 Å². The fourth-order valence-corrected chi connectivity index (χ4v) is 2.05. The molecule has 0 aromatic rings. The molecule has 0 saturated heterocycles. The first kappa shape index (κ1) is 20.5. The summed E-state index contributed by atoms with van der Waals surface area (Å²) in [7, 11) is 0. The molecule has 0 aliphatic carbocycles. The minimum atomic E-state index is -1.00. The topological polar surface area (TPSA) is 77.8 Å². The first-order chi connectivity index (χ1) is 10.6. The number of unbranched alkanes of at least 4 members (excludes halogenated alkanes) is 6. The molecule has 0 spiro atoms.